The number of nitro groups is 1. The first-order chi connectivity index (χ1) is 12.9. The molecule has 1 aliphatic carbocycles. The second-order valence-corrected chi connectivity index (χ2v) is 8.35. The summed E-state index contributed by atoms with van der Waals surface area (Å²) in [6.07, 6.45) is 0. The summed E-state index contributed by atoms with van der Waals surface area (Å²) in [4.78, 5) is 10.3. The van der Waals surface area contributed by atoms with E-state index in [2.05, 4.69) is 0 Å². The van der Waals surface area contributed by atoms with E-state index in [1.807, 2.05) is 48.5 Å². The van der Waals surface area contributed by atoms with Crippen LogP contribution in [-0.4, -0.2) is 24.7 Å². The topological polar surface area (TPSA) is 80.5 Å². The van der Waals surface area contributed by atoms with Crippen LogP contribution in [-0.2, 0) is 10.0 Å². The minimum atomic E-state index is -3.84. The molecule has 4 rings (SSSR count). The van der Waals surface area contributed by atoms with E-state index in [0.717, 1.165) is 22.3 Å². The molecular weight excluding hydrogens is 364 g/mol. The fraction of sp³-hybridized carbons (Fsp3) is 0.100. The smallest absolute Gasteiger partial charge is 0.258 e. The van der Waals surface area contributed by atoms with Gasteiger partial charge in [0.25, 0.3) is 5.69 Å². The monoisotopic (exact) mass is 380 g/mol. The van der Waals surface area contributed by atoms with Gasteiger partial charge in [0.1, 0.15) is 0 Å². The molecule has 0 amide bonds. The average Bonchev–Trinajstić information content (AvgIpc) is 3.02. The summed E-state index contributed by atoms with van der Waals surface area (Å²) in [5.74, 6) is 0. The molecule has 0 heterocycles. The fourth-order valence-corrected chi connectivity index (χ4v) is 4.88. The van der Waals surface area contributed by atoms with Crippen molar-refractivity contribution < 1.29 is 13.3 Å². The van der Waals surface area contributed by atoms with E-state index < -0.39 is 21.0 Å². The Balaban J connectivity index is 1.80. The Labute approximate surface area is 156 Å². The number of rotatable bonds is 4. The molecule has 27 heavy (non-hydrogen) atoms. The lowest BCUT2D eigenvalue weighted by molar-refractivity contribution is -0.384. The number of hydrogen-bond acceptors (Lipinski definition) is 4. The molecule has 0 fully saturated rings. The van der Waals surface area contributed by atoms with Crippen molar-refractivity contribution in [2.75, 3.05) is 7.05 Å². The highest BCUT2D eigenvalue weighted by atomic mass is 32.2. The molecule has 0 saturated carbocycles. The van der Waals surface area contributed by atoms with Crippen LogP contribution in [0.3, 0.4) is 0 Å². The number of hydrogen-bond donors (Lipinski definition) is 0. The summed E-state index contributed by atoms with van der Waals surface area (Å²) in [5.41, 5.74) is 3.74. The lowest BCUT2D eigenvalue weighted by Gasteiger charge is -2.26. The van der Waals surface area contributed by atoms with Gasteiger partial charge in [-0.25, -0.2) is 8.42 Å². The number of nitro benzene ring substituents is 1. The predicted octanol–water partition coefficient (Wildman–Crippen LogP) is 3.99. The van der Waals surface area contributed by atoms with Crippen LogP contribution in [0.15, 0.2) is 77.7 Å². The van der Waals surface area contributed by atoms with Crippen LogP contribution in [0, 0.1) is 10.1 Å². The molecule has 0 radical (unpaired) electrons. The quantitative estimate of drug-likeness (QED) is 0.506. The Morgan fingerprint density at radius 3 is 1.81 bits per heavy atom. The van der Waals surface area contributed by atoms with Crippen molar-refractivity contribution in [1.29, 1.82) is 0 Å². The zero-order valence-electron chi connectivity index (χ0n) is 14.4. The molecule has 6 nitrogen and oxygen atoms in total. The highest BCUT2D eigenvalue weighted by molar-refractivity contribution is 7.89. The molecule has 0 unspecified atom stereocenters. The highest BCUT2D eigenvalue weighted by Crippen LogP contribution is 2.47. The van der Waals surface area contributed by atoms with Gasteiger partial charge in [0.15, 0.2) is 0 Å². The summed E-state index contributed by atoms with van der Waals surface area (Å²) < 4.78 is 27.7. The van der Waals surface area contributed by atoms with Gasteiger partial charge in [0.05, 0.1) is 15.9 Å². The standard InChI is InChI=1S/C20H16N2O4S/c1-21(27(25,26)15-12-10-14(11-13-15)22(23)24)20-18-8-4-2-6-16(18)17-7-3-5-9-19(17)20/h2-13,20H,1H3. The first-order valence-electron chi connectivity index (χ1n) is 8.32. The molecule has 0 spiro atoms. The van der Waals surface area contributed by atoms with Crippen LogP contribution in [0.1, 0.15) is 17.2 Å². The summed E-state index contributed by atoms with van der Waals surface area (Å²) in [6, 6.07) is 20.0. The molecule has 7 heteroatoms. The first kappa shape index (κ1) is 17.4. The van der Waals surface area contributed by atoms with Crippen LogP contribution in [0.2, 0.25) is 0 Å². The minimum absolute atomic E-state index is 0.0254. The van der Waals surface area contributed by atoms with Crippen LogP contribution < -0.4 is 0 Å². The Kier molecular flexibility index (Phi) is 4.05. The van der Waals surface area contributed by atoms with Gasteiger partial charge in [0.2, 0.25) is 10.0 Å². The van der Waals surface area contributed by atoms with Crippen molar-refractivity contribution in [3.05, 3.63) is 94.0 Å². The van der Waals surface area contributed by atoms with Crippen molar-refractivity contribution in [1.82, 2.24) is 4.31 Å². The zero-order valence-corrected chi connectivity index (χ0v) is 15.3. The third-order valence-corrected chi connectivity index (χ3v) is 6.73. The van der Waals surface area contributed by atoms with Crippen molar-refractivity contribution in [2.24, 2.45) is 0 Å². The van der Waals surface area contributed by atoms with E-state index in [9.17, 15) is 18.5 Å². The number of non-ortho nitro benzene ring substituents is 1. The molecular formula is C20H16N2O4S. The molecule has 0 N–H and O–H groups in total. The lowest BCUT2D eigenvalue weighted by Crippen LogP contribution is -2.31. The number of sulfonamides is 1. The molecule has 0 saturated heterocycles. The van der Waals surface area contributed by atoms with Gasteiger partial charge >= 0.3 is 0 Å². The van der Waals surface area contributed by atoms with Gasteiger partial charge in [-0.2, -0.15) is 4.31 Å². The molecule has 1 aliphatic rings. The Hall–Kier alpha value is -3.03. The summed E-state index contributed by atoms with van der Waals surface area (Å²) in [6.45, 7) is 0. The van der Waals surface area contributed by atoms with Gasteiger partial charge in [0, 0.05) is 19.2 Å². The van der Waals surface area contributed by atoms with Crippen molar-refractivity contribution >= 4 is 15.7 Å². The number of benzene rings is 3. The normalized spacial score (nSPS) is 13.4. The van der Waals surface area contributed by atoms with Crippen molar-refractivity contribution in [3.63, 3.8) is 0 Å². The Bertz CT molecular complexity index is 1100. The first-order valence-corrected chi connectivity index (χ1v) is 9.76. The van der Waals surface area contributed by atoms with E-state index in [4.69, 9.17) is 0 Å². The third-order valence-electron chi connectivity index (χ3n) is 4.89. The van der Waals surface area contributed by atoms with E-state index in [1.165, 1.54) is 28.6 Å². The molecule has 136 valence electrons. The number of fused-ring (bicyclic) bond motifs is 3. The minimum Gasteiger partial charge on any atom is -0.258 e. The molecule has 0 bridgehead atoms. The lowest BCUT2D eigenvalue weighted by atomic mass is 10.1. The van der Waals surface area contributed by atoms with Gasteiger partial charge in [-0.15, -0.1) is 0 Å². The summed E-state index contributed by atoms with van der Waals surface area (Å²) in [5, 5.41) is 10.8. The van der Waals surface area contributed by atoms with Crippen LogP contribution in [0.4, 0.5) is 5.69 Å². The summed E-state index contributed by atoms with van der Waals surface area (Å²) >= 11 is 0. The molecule has 3 aromatic rings. The zero-order chi connectivity index (χ0) is 19.2. The molecule has 0 aromatic heterocycles. The Morgan fingerprint density at radius 1 is 0.852 bits per heavy atom. The van der Waals surface area contributed by atoms with Gasteiger partial charge in [-0.3, -0.25) is 10.1 Å². The maximum atomic E-state index is 13.2. The molecule has 0 atom stereocenters. The maximum Gasteiger partial charge on any atom is 0.269 e. The van der Waals surface area contributed by atoms with Crippen LogP contribution in [0.25, 0.3) is 11.1 Å². The van der Waals surface area contributed by atoms with Crippen LogP contribution in [0.5, 0.6) is 0 Å². The fourth-order valence-electron chi connectivity index (χ4n) is 3.57. The SMILES string of the molecule is CN(C1c2ccccc2-c2ccccc21)S(=O)(=O)c1ccc([N+](=O)[O-])cc1. The molecule has 0 aliphatic heterocycles. The van der Waals surface area contributed by atoms with Crippen LogP contribution >= 0.6 is 0 Å². The predicted molar refractivity (Wildman–Crippen MR) is 102 cm³/mol. The van der Waals surface area contributed by atoms with E-state index in [1.54, 1.807) is 7.05 Å². The second-order valence-electron chi connectivity index (χ2n) is 6.35. The van der Waals surface area contributed by atoms with Crippen molar-refractivity contribution in [2.45, 2.75) is 10.9 Å². The van der Waals surface area contributed by atoms with Gasteiger partial charge in [-0.05, 0) is 34.4 Å². The highest BCUT2D eigenvalue weighted by Gasteiger charge is 2.37. The number of nitrogens with zero attached hydrogens (tertiary/aromatic N) is 2. The van der Waals surface area contributed by atoms with E-state index in [0.29, 0.717) is 0 Å². The Morgan fingerprint density at radius 2 is 1.33 bits per heavy atom. The van der Waals surface area contributed by atoms with E-state index >= 15 is 0 Å². The molecule has 3 aromatic carbocycles. The second kappa shape index (κ2) is 6.29. The maximum absolute atomic E-state index is 13.2. The summed E-state index contributed by atoms with van der Waals surface area (Å²) in [7, 11) is -2.30. The van der Waals surface area contributed by atoms with Crippen molar-refractivity contribution in [3.8, 4) is 11.1 Å². The largest absolute Gasteiger partial charge is 0.269 e. The average molecular weight is 380 g/mol. The third kappa shape index (κ3) is 2.72. The van der Waals surface area contributed by atoms with E-state index in [-0.39, 0.29) is 10.6 Å². The van der Waals surface area contributed by atoms with Gasteiger partial charge in [-0.1, -0.05) is 48.5 Å². The van der Waals surface area contributed by atoms with Gasteiger partial charge < -0.3 is 0 Å².